The van der Waals surface area contributed by atoms with E-state index in [1.807, 2.05) is 13.8 Å². The second-order valence-electron chi connectivity index (χ2n) is 4.27. The van der Waals surface area contributed by atoms with Crippen molar-refractivity contribution in [3.63, 3.8) is 0 Å². The summed E-state index contributed by atoms with van der Waals surface area (Å²) in [7, 11) is 0. The highest BCUT2D eigenvalue weighted by atomic mass is 19.1. The molecule has 0 saturated carbocycles. The Bertz CT molecular complexity index is 324. The van der Waals surface area contributed by atoms with Crippen LogP contribution in [0.3, 0.4) is 0 Å². The standard InChI is InChI=1S/C12H18FNO2/c1-12(2,16-8-11(14)7-15)9-3-5-10(13)6-4-9/h3-6,11,15H,7-8,14H2,1-2H3/t11-/m1/s1. The molecule has 0 aromatic heterocycles. The van der Waals surface area contributed by atoms with Gasteiger partial charge in [0.25, 0.3) is 0 Å². The van der Waals surface area contributed by atoms with Crippen molar-refractivity contribution in [2.75, 3.05) is 13.2 Å². The zero-order chi connectivity index (χ0) is 12.2. The first kappa shape index (κ1) is 13.1. The molecule has 1 aromatic rings. The smallest absolute Gasteiger partial charge is 0.123 e. The van der Waals surface area contributed by atoms with Crippen LogP contribution in [0.5, 0.6) is 0 Å². The monoisotopic (exact) mass is 227 g/mol. The molecule has 3 nitrogen and oxygen atoms in total. The SMILES string of the molecule is CC(C)(OC[C@H](N)CO)c1ccc(F)cc1. The van der Waals surface area contributed by atoms with Crippen molar-refractivity contribution in [1.82, 2.24) is 0 Å². The molecule has 0 spiro atoms. The highest BCUT2D eigenvalue weighted by molar-refractivity contribution is 5.21. The van der Waals surface area contributed by atoms with E-state index in [-0.39, 0.29) is 25.1 Å². The van der Waals surface area contributed by atoms with E-state index >= 15 is 0 Å². The molecule has 0 aliphatic heterocycles. The lowest BCUT2D eigenvalue weighted by Crippen LogP contribution is -2.34. The van der Waals surface area contributed by atoms with Gasteiger partial charge in [-0.15, -0.1) is 0 Å². The van der Waals surface area contributed by atoms with E-state index in [9.17, 15) is 4.39 Å². The molecule has 0 aliphatic rings. The molecule has 3 N–H and O–H groups in total. The fraction of sp³-hybridized carbons (Fsp3) is 0.500. The minimum atomic E-state index is -0.541. The van der Waals surface area contributed by atoms with E-state index in [1.165, 1.54) is 12.1 Å². The quantitative estimate of drug-likeness (QED) is 0.799. The van der Waals surface area contributed by atoms with Crippen LogP contribution in [0.4, 0.5) is 4.39 Å². The number of aliphatic hydroxyl groups is 1. The molecule has 1 aromatic carbocycles. The zero-order valence-corrected chi connectivity index (χ0v) is 9.61. The van der Waals surface area contributed by atoms with Crippen molar-refractivity contribution in [3.05, 3.63) is 35.6 Å². The first-order valence-electron chi connectivity index (χ1n) is 5.22. The van der Waals surface area contributed by atoms with E-state index in [1.54, 1.807) is 12.1 Å². The number of nitrogens with two attached hydrogens (primary N) is 1. The third kappa shape index (κ3) is 3.56. The van der Waals surface area contributed by atoms with Gasteiger partial charge in [-0.2, -0.15) is 0 Å². The molecule has 1 rings (SSSR count). The molecule has 1 atom stereocenters. The van der Waals surface area contributed by atoms with Crippen LogP contribution in [0.1, 0.15) is 19.4 Å². The molecule has 16 heavy (non-hydrogen) atoms. The van der Waals surface area contributed by atoms with Crippen molar-refractivity contribution >= 4 is 0 Å². The predicted molar refractivity (Wildman–Crippen MR) is 60.4 cm³/mol. The van der Waals surface area contributed by atoms with Gasteiger partial charge >= 0.3 is 0 Å². The van der Waals surface area contributed by atoms with E-state index in [0.29, 0.717) is 0 Å². The molecule has 0 bridgehead atoms. The lowest BCUT2D eigenvalue weighted by atomic mass is 9.98. The highest BCUT2D eigenvalue weighted by Gasteiger charge is 2.22. The highest BCUT2D eigenvalue weighted by Crippen LogP contribution is 2.24. The Balaban J connectivity index is 2.66. The first-order chi connectivity index (χ1) is 7.45. The van der Waals surface area contributed by atoms with Gasteiger partial charge in [0.2, 0.25) is 0 Å². The maximum Gasteiger partial charge on any atom is 0.123 e. The number of hydrogen-bond donors (Lipinski definition) is 2. The van der Waals surface area contributed by atoms with Gasteiger partial charge in [0.15, 0.2) is 0 Å². The van der Waals surface area contributed by atoms with E-state index < -0.39 is 5.60 Å². The normalized spacial score (nSPS) is 13.8. The van der Waals surface area contributed by atoms with Crippen LogP contribution in [0.25, 0.3) is 0 Å². The van der Waals surface area contributed by atoms with Crippen LogP contribution in [-0.2, 0) is 10.3 Å². The molecule has 0 heterocycles. The van der Waals surface area contributed by atoms with Crippen molar-refractivity contribution < 1.29 is 14.2 Å². The molecule has 0 saturated heterocycles. The first-order valence-corrected chi connectivity index (χ1v) is 5.22. The van der Waals surface area contributed by atoms with Gasteiger partial charge < -0.3 is 15.6 Å². The van der Waals surface area contributed by atoms with Gasteiger partial charge in [-0.1, -0.05) is 12.1 Å². The van der Waals surface area contributed by atoms with Crippen molar-refractivity contribution in [2.24, 2.45) is 5.73 Å². The second kappa shape index (κ2) is 5.39. The fourth-order valence-corrected chi connectivity index (χ4v) is 1.30. The molecule has 0 radical (unpaired) electrons. The summed E-state index contributed by atoms with van der Waals surface area (Å²) in [5, 5.41) is 8.78. The van der Waals surface area contributed by atoms with Gasteiger partial charge in [-0.05, 0) is 31.5 Å². The van der Waals surface area contributed by atoms with Crippen LogP contribution < -0.4 is 5.73 Å². The van der Waals surface area contributed by atoms with Crippen molar-refractivity contribution in [3.8, 4) is 0 Å². The van der Waals surface area contributed by atoms with Crippen LogP contribution in [-0.4, -0.2) is 24.4 Å². The Hall–Kier alpha value is -0.970. The van der Waals surface area contributed by atoms with Gasteiger partial charge in [0.1, 0.15) is 5.82 Å². The van der Waals surface area contributed by atoms with Crippen LogP contribution in [0.15, 0.2) is 24.3 Å². The Morgan fingerprint density at radius 3 is 2.44 bits per heavy atom. The average molecular weight is 227 g/mol. The zero-order valence-electron chi connectivity index (χ0n) is 9.61. The third-order valence-electron chi connectivity index (χ3n) is 2.43. The maximum absolute atomic E-state index is 12.7. The molecule has 0 unspecified atom stereocenters. The van der Waals surface area contributed by atoms with Crippen LogP contribution in [0.2, 0.25) is 0 Å². The summed E-state index contributed by atoms with van der Waals surface area (Å²) in [6, 6.07) is 5.76. The number of hydrogen-bond acceptors (Lipinski definition) is 3. The van der Waals surface area contributed by atoms with Gasteiger partial charge in [0, 0.05) is 0 Å². The Morgan fingerprint density at radius 1 is 1.38 bits per heavy atom. The number of rotatable bonds is 5. The van der Waals surface area contributed by atoms with E-state index in [4.69, 9.17) is 15.6 Å². The lowest BCUT2D eigenvalue weighted by Gasteiger charge is -2.27. The summed E-state index contributed by atoms with van der Waals surface area (Å²) < 4.78 is 18.4. The predicted octanol–water partition coefficient (Wildman–Crippen LogP) is 1.40. The Morgan fingerprint density at radius 2 is 1.94 bits per heavy atom. The maximum atomic E-state index is 12.7. The van der Waals surface area contributed by atoms with Gasteiger partial charge in [-0.3, -0.25) is 0 Å². The molecule has 0 aliphatic carbocycles. The van der Waals surface area contributed by atoms with Crippen molar-refractivity contribution in [2.45, 2.75) is 25.5 Å². The summed E-state index contributed by atoms with van der Waals surface area (Å²) in [5.41, 5.74) is 5.88. The molecule has 90 valence electrons. The molecule has 0 fully saturated rings. The minimum Gasteiger partial charge on any atom is -0.395 e. The van der Waals surface area contributed by atoms with E-state index in [2.05, 4.69) is 0 Å². The fourth-order valence-electron chi connectivity index (χ4n) is 1.30. The minimum absolute atomic E-state index is 0.112. The Labute approximate surface area is 95.0 Å². The summed E-state index contributed by atoms with van der Waals surface area (Å²) in [6.07, 6.45) is 0. The summed E-state index contributed by atoms with van der Waals surface area (Å²) in [5.74, 6) is -0.272. The number of aliphatic hydroxyl groups excluding tert-OH is 1. The van der Waals surface area contributed by atoms with Gasteiger partial charge in [0.05, 0.1) is 24.9 Å². The topological polar surface area (TPSA) is 55.5 Å². The number of ether oxygens (including phenoxy) is 1. The molecule has 0 amide bonds. The molecule has 4 heteroatoms. The van der Waals surface area contributed by atoms with E-state index in [0.717, 1.165) is 5.56 Å². The van der Waals surface area contributed by atoms with Crippen LogP contribution in [0, 0.1) is 5.82 Å². The number of benzene rings is 1. The third-order valence-corrected chi connectivity index (χ3v) is 2.43. The summed E-state index contributed by atoms with van der Waals surface area (Å²) in [6.45, 7) is 3.91. The Kier molecular flexibility index (Phi) is 4.41. The molecular weight excluding hydrogens is 209 g/mol. The van der Waals surface area contributed by atoms with Gasteiger partial charge in [-0.25, -0.2) is 4.39 Å². The average Bonchev–Trinajstić information content (AvgIpc) is 2.26. The largest absolute Gasteiger partial charge is 0.395 e. The summed E-state index contributed by atoms with van der Waals surface area (Å²) >= 11 is 0. The summed E-state index contributed by atoms with van der Waals surface area (Å²) in [4.78, 5) is 0. The number of halogens is 1. The second-order valence-corrected chi connectivity index (χ2v) is 4.27. The lowest BCUT2D eigenvalue weighted by molar-refractivity contribution is -0.0334. The van der Waals surface area contributed by atoms with Crippen molar-refractivity contribution in [1.29, 1.82) is 0 Å². The molecular formula is C12H18FNO2. The van der Waals surface area contributed by atoms with Crippen LogP contribution >= 0.6 is 0 Å².